The Morgan fingerprint density at radius 2 is 2.00 bits per heavy atom. The maximum Gasteiger partial charge on any atom is 0.416 e. The highest BCUT2D eigenvalue weighted by atomic mass is 32.1. The lowest BCUT2D eigenvalue weighted by Crippen LogP contribution is -2.24. The van der Waals surface area contributed by atoms with Crippen LogP contribution < -0.4 is 5.32 Å². The fraction of sp³-hybridized carbons (Fsp3) is 0.125. The fourth-order valence-electron chi connectivity index (χ4n) is 2.29. The molecule has 3 rings (SSSR count). The van der Waals surface area contributed by atoms with E-state index in [0.717, 1.165) is 10.9 Å². The van der Waals surface area contributed by atoms with Crippen molar-refractivity contribution in [1.29, 1.82) is 0 Å². The van der Waals surface area contributed by atoms with E-state index in [2.05, 4.69) is 15.5 Å². The quantitative estimate of drug-likeness (QED) is 0.744. The number of halogens is 3. The second-order valence-electron chi connectivity index (χ2n) is 4.97. The largest absolute Gasteiger partial charge is 0.416 e. The molecule has 0 radical (unpaired) electrons. The Hall–Kier alpha value is -2.61. The first-order valence-corrected chi connectivity index (χ1v) is 7.85. The van der Waals surface area contributed by atoms with Gasteiger partial charge >= 0.3 is 6.18 Å². The van der Waals surface area contributed by atoms with Crippen molar-refractivity contribution in [1.82, 2.24) is 15.5 Å². The summed E-state index contributed by atoms with van der Waals surface area (Å²) in [6, 6.07) is 8.83. The number of nitrogens with zero attached hydrogens (tertiary/aromatic N) is 1. The lowest BCUT2D eigenvalue weighted by Gasteiger charge is -2.13. The molecule has 0 aliphatic carbocycles. The van der Waals surface area contributed by atoms with Crippen LogP contribution in [0.15, 0.2) is 48.0 Å². The van der Waals surface area contributed by atoms with Crippen molar-refractivity contribution in [3.05, 3.63) is 64.7 Å². The number of hydrogen-bond acceptors (Lipinski definition) is 3. The number of aromatic nitrogens is 2. The van der Waals surface area contributed by atoms with E-state index in [-0.39, 0.29) is 12.1 Å². The number of aromatic amines is 1. The van der Waals surface area contributed by atoms with Crippen LogP contribution in [0.4, 0.5) is 13.2 Å². The number of hydrogen-bond donors (Lipinski definition) is 2. The number of nitrogens with one attached hydrogen (secondary N) is 2. The molecule has 8 heteroatoms. The Bertz CT molecular complexity index is 840. The second kappa shape index (κ2) is 6.48. The number of carbonyl (C=O) groups excluding carboxylic acids is 1. The summed E-state index contributed by atoms with van der Waals surface area (Å²) in [5.74, 6) is -0.482. The van der Waals surface area contributed by atoms with Crippen molar-refractivity contribution in [2.75, 3.05) is 0 Å². The molecule has 24 heavy (non-hydrogen) atoms. The topological polar surface area (TPSA) is 57.8 Å². The molecule has 1 amide bonds. The highest BCUT2D eigenvalue weighted by Crippen LogP contribution is 2.32. The molecule has 124 valence electrons. The van der Waals surface area contributed by atoms with Gasteiger partial charge in [0.2, 0.25) is 0 Å². The third-order valence-corrected chi connectivity index (χ3v) is 4.30. The average Bonchev–Trinajstić information content (AvgIpc) is 3.22. The van der Waals surface area contributed by atoms with E-state index in [1.807, 2.05) is 17.5 Å². The van der Waals surface area contributed by atoms with Gasteiger partial charge in [0.05, 0.1) is 27.9 Å². The number of thiophene rings is 1. The van der Waals surface area contributed by atoms with Crippen LogP contribution in [0.3, 0.4) is 0 Å². The summed E-state index contributed by atoms with van der Waals surface area (Å²) in [4.78, 5) is 13.1. The SMILES string of the molecule is O=C(NCc1ccccc1C(F)(F)F)c1cn[nH]c1-c1cccs1. The molecule has 0 saturated carbocycles. The van der Waals surface area contributed by atoms with Crippen molar-refractivity contribution in [3.8, 4) is 10.6 Å². The minimum absolute atomic E-state index is 0.0134. The smallest absolute Gasteiger partial charge is 0.348 e. The van der Waals surface area contributed by atoms with Crippen molar-refractivity contribution in [2.24, 2.45) is 0 Å². The molecule has 2 aromatic heterocycles. The lowest BCUT2D eigenvalue weighted by molar-refractivity contribution is -0.138. The number of rotatable bonds is 4. The zero-order valence-corrected chi connectivity index (χ0v) is 13.0. The Labute approximate surface area is 139 Å². The molecule has 0 spiro atoms. The molecule has 0 bridgehead atoms. The highest BCUT2D eigenvalue weighted by Gasteiger charge is 2.32. The molecule has 0 aliphatic rings. The van der Waals surface area contributed by atoms with Gasteiger partial charge < -0.3 is 5.32 Å². The number of carbonyl (C=O) groups is 1. The van der Waals surface area contributed by atoms with Crippen molar-refractivity contribution >= 4 is 17.2 Å². The summed E-state index contributed by atoms with van der Waals surface area (Å²) < 4.78 is 38.9. The standard InChI is InChI=1S/C16H12F3N3OS/c17-16(18,19)12-5-2-1-4-10(12)8-20-15(23)11-9-21-22-14(11)13-6-3-7-24-13/h1-7,9H,8H2,(H,20,23)(H,21,22). The van der Waals surface area contributed by atoms with Gasteiger partial charge in [0.1, 0.15) is 0 Å². The Morgan fingerprint density at radius 1 is 1.21 bits per heavy atom. The molecule has 0 unspecified atom stereocenters. The van der Waals surface area contributed by atoms with Crippen molar-refractivity contribution in [3.63, 3.8) is 0 Å². The van der Waals surface area contributed by atoms with Crippen LogP contribution in [-0.4, -0.2) is 16.1 Å². The minimum Gasteiger partial charge on any atom is -0.348 e. The second-order valence-corrected chi connectivity index (χ2v) is 5.92. The van der Waals surface area contributed by atoms with E-state index < -0.39 is 17.6 Å². The number of benzene rings is 1. The van der Waals surface area contributed by atoms with Crippen LogP contribution >= 0.6 is 11.3 Å². The van der Waals surface area contributed by atoms with Gasteiger partial charge in [-0.05, 0) is 23.1 Å². The zero-order valence-electron chi connectivity index (χ0n) is 12.2. The van der Waals surface area contributed by atoms with Crippen LogP contribution in [0, 0.1) is 0 Å². The monoisotopic (exact) mass is 351 g/mol. The van der Waals surface area contributed by atoms with E-state index >= 15 is 0 Å². The molecule has 2 N–H and O–H groups in total. The van der Waals surface area contributed by atoms with E-state index in [1.54, 1.807) is 0 Å². The molecule has 3 aromatic rings. The fourth-order valence-corrected chi connectivity index (χ4v) is 3.02. The molecular formula is C16H12F3N3OS. The third kappa shape index (κ3) is 3.33. The van der Waals surface area contributed by atoms with Crippen LogP contribution in [0.5, 0.6) is 0 Å². The van der Waals surface area contributed by atoms with Gasteiger partial charge in [-0.1, -0.05) is 24.3 Å². The zero-order chi connectivity index (χ0) is 17.2. The van der Waals surface area contributed by atoms with Crippen LogP contribution in [0.1, 0.15) is 21.5 Å². The summed E-state index contributed by atoms with van der Waals surface area (Å²) in [5, 5.41) is 11.0. The lowest BCUT2D eigenvalue weighted by atomic mass is 10.1. The predicted molar refractivity (Wildman–Crippen MR) is 84.5 cm³/mol. The van der Waals surface area contributed by atoms with E-state index in [1.165, 1.54) is 35.7 Å². The van der Waals surface area contributed by atoms with Crippen LogP contribution in [0.25, 0.3) is 10.6 Å². The third-order valence-electron chi connectivity index (χ3n) is 3.41. The summed E-state index contributed by atoms with van der Waals surface area (Å²) >= 11 is 1.43. The predicted octanol–water partition coefficient (Wildman–Crippen LogP) is 4.09. The van der Waals surface area contributed by atoms with Crippen molar-refractivity contribution < 1.29 is 18.0 Å². The van der Waals surface area contributed by atoms with Crippen molar-refractivity contribution in [2.45, 2.75) is 12.7 Å². The number of alkyl halides is 3. The summed E-state index contributed by atoms with van der Waals surface area (Å²) in [6.45, 7) is -0.219. The first kappa shape index (κ1) is 16.3. The van der Waals surface area contributed by atoms with E-state index in [9.17, 15) is 18.0 Å². The van der Waals surface area contributed by atoms with E-state index in [0.29, 0.717) is 11.3 Å². The first-order chi connectivity index (χ1) is 11.5. The van der Waals surface area contributed by atoms with Gasteiger partial charge in [0.25, 0.3) is 5.91 Å². The molecule has 0 atom stereocenters. The number of amides is 1. The summed E-state index contributed by atoms with van der Waals surface area (Å²) in [7, 11) is 0. The molecule has 0 fully saturated rings. The average molecular weight is 351 g/mol. The van der Waals surface area contributed by atoms with Crippen LogP contribution in [-0.2, 0) is 12.7 Å². The van der Waals surface area contributed by atoms with Gasteiger partial charge in [0.15, 0.2) is 0 Å². The molecule has 4 nitrogen and oxygen atoms in total. The van der Waals surface area contributed by atoms with Gasteiger partial charge in [-0.3, -0.25) is 9.89 Å². The van der Waals surface area contributed by atoms with Gasteiger partial charge in [-0.25, -0.2) is 0 Å². The first-order valence-electron chi connectivity index (χ1n) is 6.97. The van der Waals surface area contributed by atoms with Crippen LogP contribution in [0.2, 0.25) is 0 Å². The normalized spacial score (nSPS) is 11.5. The number of H-pyrrole nitrogens is 1. The Balaban J connectivity index is 1.78. The minimum atomic E-state index is -4.46. The Kier molecular flexibility index (Phi) is 4.39. The Morgan fingerprint density at radius 3 is 2.71 bits per heavy atom. The molecule has 0 saturated heterocycles. The van der Waals surface area contributed by atoms with Gasteiger partial charge in [-0.2, -0.15) is 18.3 Å². The highest BCUT2D eigenvalue weighted by molar-refractivity contribution is 7.13. The molecule has 1 aromatic carbocycles. The van der Waals surface area contributed by atoms with E-state index in [4.69, 9.17) is 0 Å². The molecule has 2 heterocycles. The van der Waals surface area contributed by atoms with Gasteiger partial charge in [-0.15, -0.1) is 11.3 Å². The van der Waals surface area contributed by atoms with Gasteiger partial charge in [0, 0.05) is 6.54 Å². The summed E-state index contributed by atoms with van der Waals surface area (Å²) in [6.07, 6.45) is -3.10. The maximum absolute atomic E-state index is 13.0. The molecular weight excluding hydrogens is 339 g/mol. The molecule has 0 aliphatic heterocycles. The summed E-state index contributed by atoms with van der Waals surface area (Å²) in [5.41, 5.74) is 0.101. The maximum atomic E-state index is 13.0.